The van der Waals surface area contributed by atoms with Gasteiger partial charge in [0.1, 0.15) is 11.5 Å². The normalized spacial score (nSPS) is 10.3. The standard InChI is InChI=1S/C21H20N4O2/c1-14-3-5-16(6-4-14)11-23-20-13-22-19(12-24-20)21(27)25-18-9-7-17(8-10-18)15(2)26/h3-10,12-13H,11H2,1-2H3,(H,23,24)(H,25,27). The maximum atomic E-state index is 12.3. The van der Waals surface area contributed by atoms with E-state index in [9.17, 15) is 9.59 Å². The fourth-order valence-electron chi connectivity index (χ4n) is 2.42. The van der Waals surface area contributed by atoms with Crippen molar-refractivity contribution in [3.63, 3.8) is 0 Å². The van der Waals surface area contributed by atoms with Crippen LogP contribution >= 0.6 is 0 Å². The van der Waals surface area contributed by atoms with E-state index < -0.39 is 0 Å². The number of aryl methyl sites for hydroxylation is 1. The van der Waals surface area contributed by atoms with Gasteiger partial charge in [-0.15, -0.1) is 0 Å². The van der Waals surface area contributed by atoms with E-state index in [1.165, 1.54) is 24.9 Å². The SMILES string of the molecule is CC(=O)c1ccc(NC(=O)c2cnc(NCc3ccc(C)cc3)cn2)cc1. The molecule has 6 nitrogen and oxygen atoms in total. The van der Waals surface area contributed by atoms with Crippen LogP contribution in [0.25, 0.3) is 0 Å². The Morgan fingerprint density at radius 2 is 1.63 bits per heavy atom. The summed E-state index contributed by atoms with van der Waals surface area (Å²) in [5, 5.41) is 5.91. The van der Waals surface area contributed by atoms with Crippen LogP contribution in [0, 0.1) is 6.92 Å². The fraction of sp³-hybridized carbons (Fsp3) is 0.143. The molecule has 6 heteroatoms. The van der Waals surface area contributed by atoms with Crippen molar-refractivity contribution in [2.75, 3.05) is 10.6 Å². The zero-order valence-electron chi connectivity index (χ0n) is 15.2. The van der Waals surface area contributed by atoms with Crippen molar-refractivity contribution >= 4 is 23.2 Å². The van der Waals surface area contributed by atoms with Crippen molar-refractivity contribution in [3.8, 4) is 0 Å². The van der Waals surface area contributed by atoms with Crippen LogP contribution in [0.2, 0.25) is 0 Å². The second-order valence-electron chi connectivity index (χ2n) is 6.21. The highest BCUT2D eigenvalue weighted by Gasteiger charge is 2.09. The van der Waals surface area contributed by atoms with E-state index >= 15 is 0 Å². The minimum Gasteiger partial charge on any atom is -0.365 e. The van der Waals surface area contributed by atoms with E-state index in [4.69, 9.17) is 0 Å². The Balaban J connectivity index is 1.58. The van der Waals surface area contributed by atoms with Crippen LogP contribution in [0.1, 0.15) is 38.9 Å². The summed E-state index contributed by atoms with van der Waals surface area (Å²) < 4.78 is 0. The van der Waals surface area contributed by atoms with Gasteiger partial charge in [0.05, 0.1) is 12.4 Å². The summed E-state index contributed by atoms with van der Waals surface area (Å²) >= 11 is 0. The van der Waals surface area contributed by atoms with Crippen molar-refractivity contribution < 1.29 is 9.59 Å². The molecular formula is C21H20N4O2. The molecule has 136 valence electrons. The lowest BCUT2D eigenvalue weighted by Gasteiger charge is -2.07. The van der Waals surface area contributed by atoms with Crippen molar-refractivity contribution in [2.45, 2.75) is 20.4 Å². The Morgan fingerprint density at radius 1 is 0.926 bits per heavy atom. The Morgan fingerprint density at radius 3 is 2.22 bits per heavy atom. The molecular weight excluding hydrogens is 340 g/mol. The van der Waals surface area contributed by atoms with E-state index in [2.05, 4.69) is 44.9 Å². The maximum Gasteiger partial charge on any atom is 0.275 e. The van der Waals surface area contributed by atoms with Gasteiger partial charge in [-0.25, -0.2) is 9.97 Å². The van der Waals surface area contributed by atoms with Gasteiger partial charge in [0.25, 0.3) is 5.91 Å². The molecule has 0 saturated carbocycles. The minimum atomic E-state index is -0.358. The molecule has 3 aromatic rings. The summed E-state index contributed by atoms with van der Waals surface area (Å²) in [6.07, 6.45) is 2.96. The molecule has 27 heavy (non-hydrogen) atoms. The molecule has 3 rings (SSSR count). The number of Topliss-reactive ketones (excluding diaryl/α,β-unsaturated/α-hetero) is 1. The van der Waals surface area contributed by atoms with Crippen LogP contribution in [0.4, 0.5) is 11.5 Å². The van der Waals surface area contributed by atoms with Crippen LogP contribution in [-0.2, 0) is 6.54 Å². The van der Waals surface area contributed by atoms with Crippen molar-refractivity contribution in [2.24, 2.45) is 0 Å². The smallest absolute Gasteiger partial charge is 0.275 e. The predicted octanol–water partition coefficient (Wildman–Crippen LogP) is 3.85. The number of rotatable bonds is 6. The van der Waals surface area contributed by atoms with Gasteiger partial charge < -0.3 is 10.6 Å². The molecule has 0 unspecified atom stereocenters. The first-order chi connectivity index (χ1) is 13.0. The Kier molecular flexibility index (Phi) is 5.56. The van der Waals surface area contributed by atoms with E-state index in [0.717, 1.165) is 5.56 Å². The lowest BCUT2D eigenvalue weighted by Crippen LogP contribution is -2.14. The molecule has 2 aromatic carbocycles. The molecule has 0 atom stereocenters. The van der Waals surface area contributed by atoms with Crippen LogP contribution in [0.5, 0.6) is 0 Å². The minimum absolute atomic E-state index is 0.0209. The number of aromatic nitrogens is 2. The van der Waals surface area contributed by atoms with Gasteiger partial charge in [0, 0.05) is 17.8 Å². The molecule has 0 aliphatic carbocycles. The zero-order chi connectivity index (χ0) is 19.2. The molecule has 2 N–H and O–H groups in total. The molecule has 0 saturated heterocycles. The second kappa shape index (κ2) is 8.23. The quantitative estimate of drug-likeness (QED) is 0.652. The highest BCUT2D eigenvalue weighted by molar-refractivity contribution is 6.03. The third kappa shape index (κ3) is 4.98. The Hall–Kier alpha value is -3.54. The second-order valence-corrected chi connectivity index (χ2v) is 6.21. The number of amides is 1. The summed E-state index contributed by atoms with van der Waals surface area (Å²) in [7, 11) is 0. The first-order valence-corrected chi connectivity index (χ1v) is 8.55. The van der Waals surface area contributed by atoms with Gasteiger partial charge in [0.2, 0.25) is 0 Å². The number of carbonyl (C=O) groups is 2. The topological polar surface area (TPSA) is 84.0 Å². The van der Waals surface area contributed by atoms with Crippen molar-refractivity contribution in [1.29, 1.82) is 0 Å². The predicted molar refractivity (Wildman–Crippen MR) is 105 cm³/mol. The van der Waals surface area contributed by atoms with Crippen LogP contribution in [0.15, 0.2) is 60.9 Å². The maximum absolute atomic E-state index is 12.3. The van der Waals surface area contributed by atoms with Crippen molar-refractivity contribution in [3.05, 3.63) is 83.3 Å². The molecule has 0 aliphatic heterocycles. The van der Waals surface area contributed by atoms with E-state index in [0.29, 0.717) is 23.6 Å². The van der Waals surface area contributed by atoms with Gasteiger partial charge in [-0.05, 0) is 43.7 Å². The molecule has 0 radical (unpaired) electrons. The van der Waals surface area contributed by atoms with E-state index in [1.807, 2.05) is 6.92 Å². The number of nitrogens with zero attached hydrogens (tertiary/aromatic N) is 2. The zero-order valence-corrected chi connectivity index (χ0v) is 15.2. The molecule has 1 amide bonds. The van der Waals surface area contributed by atoms with Gasteiger partial charge in [-0.1, -0.05) is 29.8 Å². The average Bonchev–Trinajstić information content (AvgIpc) is 2.68. The number of hydrogen-bond donors (Lipinski definition) is 2. The molecule has 0 aliphatic rings. The van der Waals surface area contributed by atoms with Crippen LogP contribution in [0.3, 0.4) is 0 Å². The highest BCUT2D eigenvalue weighted by atomic mass is 16.2. The highest BCUT2D eigenvalue weighted by Crippen LogP contribution is 2.12. The molecule has 1 aromatic heterocycles. The summed E-state index contributed by atoms with van der Waals surface area (Å²) in [5.41, 5.74) is 3.75. The van der Waals surface area contributed by atoms with Gasteiger partial charge >= 0.3 is 0 Å². The summed E-state index contributed by atoms with van der Waals surface area (Å²) in [6, 6.07) is 14.9. The Bertz CT molecular complexity index is 933. The molecule has 1 heterocycles. The Labute approximate surface area is 157 Å². The first kappa shape index (κ1) is 18.3. The third-order valence-electron chi connectivity index (χ3n) is 4.03. The van der Waals surface area contributed by atoms with Crippen molar-refractivity contribution in [1.82, 2.24) is 9.97 Å². The molecule has 0 bridgehead atoms. The lowest BCUT2D eigenvalue weighted by molar-refractivity contribution is 0.101. The number of carbonyl (C=O) groups excluding carboxylic acids is 2. The summed E-state index contributed by atoms with van der Waals surface area (Å²) in [4.78, 5) is 31.9. The third-order valence-corrected chi connectivity index (χ3v) is 4.03. The van der Waals surface area contributed by atoms with Crippen LogP contribution in [-0.4, -0.2) is 21.7 Å². The number of anilines is 2. The summed E-state index contributed by atoms with van der Waals surface area (Å²) in [5.74, 6) is 0.216. The number of nitrogens with one attached hydrogen (secondary N) is 2. The number of ketones is 1. The van der Waals surface area contributed by atoms with Gasteiger partial charge in [0.15, 0.2) is 5.78 Å². The number of hydrogen-bond acceptors (Lipinski definition) is 5. The number of benzene rings is 2. The van der Waals surface area contributed by atoms with E-state index in [1.54, 1.807) is 24.3 Å². The summed E-state index contributed by atoms with van der Waals surface area (Å²) in [6.45, 7) is 4.17. The fourth-order valence-corrected chi connectivity index (χ4v) is 2.42. The first-order valence-electron chi connectivity index (χ1n) is 8.55. The van der Waals surface area contributed by atoms with Gasteiger partial charge in [-0.3, -0.25) is 9.59 Å². The molecule has 0 spiro atoms. The lowest BCUT2D eigenvalue weighted by atomic mass is 10.1. The van der Waals surface area contributed by atoms with Gasteiger partial charge in [-0.2, -0.15) is 0 Å². The van der Waals surface area contributed by atoms with E-state index in [-0.39, 0.29) is 17.4 Å². The largest absolute Gasteiger partial charge is 0.365 e. The average molecular weight is 360 g/mol. The monoisotopic (exact) mass is 360 g/mol. The molecule has 0 fully saturated rings. The van der Waals surface area contributed by atoms with Crippen LogP contribution < -0.4 is 10.6 Å².